The topological polar surface area (TPSA) is 101 Å². The number of rotatable bonds is 5. The van der Waals surface area contributed by atoms with Gasteiger partial charge in [0, 0.05) is 12.7 Å². The number of carboxylic acids is 1. The highest BCUT2D eigenvalue weighted by Gasteiger charge is 2.25. The summed E-state index contributed by atoms with van der Waals surface area (Å²) in [5.41, 5.74) is 0. The lowest BCUT2D eigenvalue weighted by Crippen LogP contribution is -2.25. The fourth-order valence-electron chi connectivity index (χ4n) is 2.51. The molecule has 0 amide bonds. The molecule has 0 aromatic carbocycles. The average molecular weight is 293 g/mol. The summed E-state index contributed by atoms with van der Waals surface area (Å²) in [4.78, 5) is 30.2. The second-order valence-corrected chi connectivity index (χ2v) is 5.19. The van der Waals surface area contributed by atoms with Crippen LogP contribution in [0.5, 0.6) is 0 Å². The van der Waals surface area contributed by atoms with Gasteiger partial charge in [0.25, 0.3) is 0 Å². The Labute approximate surface area is 122 Å². The van der Waals surface area contributed by atoms with E-state index in [0.717, 1.165) is 25.7 Å². The number of hydrogen-bond donors (Lipinski definition) is 2. The van der Waals surface area contributed by atoms with Crippen LogP contribution in [0.4, 0.5) is 5.82 Å². The number of methoxy groups -OCH3 is 1. The van der Waals surface area contributed by atoms with Crippen molar-refractivity contribution in [1.82, 2.24) is 9.97 Å². The number of anilines is 1. The molecule has 1 saturated carbocycles. The van der Waals surface area contributed by atoms with Crippen LogP contribution in [0, 0.1) is 11.8 Å². The van der Waals surface area contributed by atoms with Crippen LogP contribution in [-0.4, -0.2) is 40.7 Å². The molecular formula is C14H19N3O4. The molecule has 1 aromatic rings. The molecule has 0 spiro atoms. The minimum absolute atomic E-state index is 0.0251. The van der Waals surface area contributed by atoms with Crippen LogP contribution < -0.4 is 5.32 Å². The number of aromatic nitrogens is 2. The predicted octanol–water partition coefficient (Wildman–Crippen LogP) is 1.57. The molecule has 7 heteroatoms. The van der Waals surface area contributed by atoms with E-state index in [0.29, 0.717) is 18.3 Å². The molecule has 1 aromatic heterocycles. The van der Waals surface area contributed by atoms with Gasteiger partial charge in [-0.05, 0) is 37.7 Å². The van der Waals surface area contributed by atoms with Gasteiger partial charge in [-0.1, -0.05) is 0 Å². The van der Waals surface area contributed by atoms with Crippen molar-refractivity contribution in [3.8, 4) is 0 Å². The molecule has 0 unspecified atom stereocenters. The van der Waals surface area contributed by atoms with E-state index in [1.165, 1.54) is 13.3 Å². The highest BCUT2D eigenvalue weighted by atomic mass is 16.5. The van der Waals surface area contributed by atoms with E-state index in [2.05, 4.69) is 20.0 Å². The van der Waals surface area contributed by atoms with Crippen molar-refractivity contribution in [3.63, 3.8) is 0 Å². The Hall–Kier alpha value is -2.18. The number of hydrogen-bond acceptors (Lipinski definition) is 6. The summed E-state index contributed by atoms with van der Waals surface area (Å²) in [5.74, 6) is -0.438. The molecule has 2 N–H and O–H groups in total. The lowest BCUT2D eigenvalue weighted by molar-refractivity contribution is -0.143. The van der Waals surface area contributed by atoms with Gasteiger partial charge in [-0.2, -0.15) is 0 Å². The number of aliphatic carboxylic acids is 1. The molecule has 1 aliphatic carbocycles. The van der Waals surface area contributed by atoms with Crippen molar-refractivity contribution in [2.45, 2.75) is 25.7 Å². The monoisotopic (exact) mass is 293 g/mol. The summed E-state index contributed by atoms with van der Waals surface area (Å²) in [7, 11) is 1.28. The van der Waals surface area contributed by atoms with Crippen LogP contribution in [0.3, 0.4) is 0 Å². The second-order valence-electron chi connectivity index (χ2n) is 5.19. The van der Waals surface area contributed by atoms with E-state index in [-0.39, 0.29) is 11.7 Å². The van der Waals surface area contributed by atoms with Crippen LogP contribution in [0.1, 0.15) is 36.3 Å². The third-order valence-electron chi connectivity index (χ3n) is 3.79. The molecule has 114 valence electrons. The molecule has 1 aliphatic rings. The first-order valence-electron chi connectivity index (χ1n) is 6.98. The molecular weight excluding hydrogens is 274 g/mol. The van der Waals surface area contributed by atoms with Gasteiger partial charge in [-0.25, -0.2) is 14.8 Å². The van der Waals surface area contributed by atoms with E-state index >= 15 is 0 Å². The minimum Gasteiger partial charge on any atom is -0.481 e. The predicted molar refractivity (Wildman–Crippen MR) is 74.9 cm³/mol. The first kappa shape index (κ1) is 15.2. The third kappa shape index (κ3) is 4.14. The lowest BCUT2D eigenvalue weighted by Gasteiger charge is -2.26. The van der Waals surface area contributed by atoms with E-state index in [9.17, 15) is 9.59 Å². The zero-order chi connectivity index (χ0) is 15.2. The van der Waals surface area contributed by atoms with E-state index in [1.807, 2.05) is 0 Å². The maximum Gasteiger partial charge on any atom is 0.376 e. The largest absolute Gasteiger partial charge is 0.481 e. The van der Waals surface area contributed by atoms with E-state index < -0.39 is 11.9 Å². The quantitative estimate of drug-likeness (QED) is 0.794. The van der Waals surface area contributed by atoms with Gasteiger partial charge in [0.2, 0.25) is 5.82 Å². The fraction of sp³-hybridized carbons (Fsp3) is 0.571. The van der Waals surface area contributed by atoms with Gasteiger partial charge < -0.3 is 15.2 Å². The summed E-state index contributed by atoms with van der Waals surface area (Å²) < 4.78 is 4.57. The number of nitrogens with zero attached hydrogens (tertiary/aromatic N) is 2. The van der Waals surface area contributed by atoms with Gasteiger partial charge in [0.05, 0.1) is 13.0 Å². The molecule has 2 rings (SSSR count). The van der Waals surface area contributed by atoms with Crippen molar-refractivity contribution in [1.29, 1.82) is 0 Å². The highest BCUT2D eigenvalue weighted by Crippen LogP contribution is 2.28. The highest BCUT2D eigenvalue weighted by molar-refractivity contribution is 5.85. The van der Waals surface area contributed by atoms with E-state index in [1.54, 1.807) is 6.07 Å². The summed E-state index contributed by atoms with van der Waals surface area (Å²) in [6, 6.07) is 1.69. The second kappa shape index (κ2) is 7.01. The van der Waals surface area contributed by atoms with Crippen molar-refractivity contribution in [2.24, 2.45) is 11.8 Å². The Morgan fingerprint density at radius 1 is 1.38 bits per heavy atom. The lowest BCUT2D eigenvalue weighted by atomic mass is 9.82. The molecule has 7 nitrogen and oxygen atoms in total. The van der Waals surface area contributed by atoms with Gasteiger partial charge in [0.15, 0.2) is 0 Å². The third-order valence-corrected chi connectivity index (χ3v) is 3.79. The fourth-order valence-corrected chi connectivity index (χ4v) is 2.51. The normalized spacial score (nSPS) is 21.6. The summed E-state index contributed by atoms with van der Waals surface area (Å²) >= 11 is 0. The molecule has 0 aliphatic heterocycles. The summed E-state index contributed by atoms with van der Waals surface area (Å²) in [5, 5.41) is 12.1. The average Bonchev–Trinajstić information content (AvgIpc) is 2.52. The van der Waals surface area contributed by atoms with Crippen molar-refractivity contribution in [2.75, 3.05) is 19.0 Å². The zero-order valence-corrected chi connectivity index (χ0v) is 11.9. The molecule has 21 heavy (non-hydrogen) atoms. The molecule has 0 radical (unpaired) electrons. The number of carbonyl (C=O) groups is 2. The maximum absolute atomic E-state index is 11.3. The first-order valence-corrected chi connectivity index (χ1v) is 6.98. The molecule has 1 fully saturated rings. The Morgan fingerprint density at radius 2 is 2.10 bits per heavy atom. The number of nitrogens with one attached hydrogen (secondary N) is 1. The molecule has 0 bridgehead atoms. The van der Waals surface area contributed by atoms with Crippen molar-refractivity contribution in [3.05, 3.63) is 18.1 Å². The summed E-state index contributed by atoms with van der Waals surface area (Å²) in [6.07, 6.45) is 4.72. The van der Waals surface area contributed by atoms with Crippen LogP contribution in [0.25, 0.3) is 0 Å². The maximum atomic E-state index is 11.3. The minimum atomic E-state index is -0.695. The van der Waals surface area contributed by atoms with Crippen LogP contribution >= 0.6 is 0 Å². The Balaban J connectivity index is 1.84. The summed E-state index contributed by atoms with van der Waals surface area (Å²) in [6.45, 7) is 0.712. The van der Waals surface area contributed by atoms with Gasteiger partial charge in [0.1, 0.15) is 5.82 Å². The number of carbonyl (C=O) groups excluding carboxylic acids is 1. The smallest absolute Gasteiger partial charge is 0.376 e. The van der Waals surface area contributed by atoms with Gasteiger partial charge in [-0.15, -0.1) is 0 Å². The van der Waals surface area contributed by atoms with Crippen molar-refractivity contribution >= 4 is 17.8 Å². The Morgan fingerprint density at radius 3 is 2.71 bits per heavy atom. The van der Waals surface area contributed by atoms with Crippen LogP contribution in [0.15, 0.2) is 12.3 Å². The van der Waals surface area contributed by atoms with Crippen LogP contribution in [-0.2, 0) is 9.53 Å². The van der Waals surface area contributed by atoms with Crippen LogP contribution in [0.2, 0.25) is 0 Å². The molecule has 0 atom stereocenters. The number of ether oxygens (including phenoxy) is 1. The SMILES string of the molecule is COC(=O)c1nccc(NCC2CCC(C(=O)O)CC2)n1. The standard InChI is InChI=1S/C14H19N3O4/c1-21-14(20)12-15-7-6-11(17-12)16-8-9-2-4-10(5-3-9)13(18)19/h6-7,9-10H,2-5,8H2,1H3,(H,18,19)(H,15,16,17). The molecule has 1 heterocycles. The van der Waals surface area contributed by atoms with Gasteiger partial charge >= 0.3 is 11.9 Å². The van der Waals surface area contributed by atoms with Gasteiger partial charge in [-0.3, -0.25) is 4.79 Å². The first-order chi connectivity index (χ1) is 10.1. The zero-order valence-electron chi connectivity index (χ0n) is 11.9. The van der Waals surface area contributed by atoms with E-state index in [4.69, 9.17) is 5.11 Å². The number of esters is 1. The van der Waals surface area contributed by atoms with Crippen molar-refractivity contribution < 1.29 is 19.4 Å². The molecule has 0 saturated heterocycles. The Bertz CT molecular complexity index is 513. The number of carboxylic acid groups (broad SMARTS) is 1. The Kier molecular flexibility index (Phi) is 5.08.